The third-order valence-corrected chi connectivity index (χ3v) is 5.43. The summed E-state index contributed by atoms with van der Waals surface area (Å²) in [5, 5.41) is 5.92. The van der Waals surface area contributed by atoms with Crippen molar-refractivity contribution < 1.29 is 35.9 Å². The summed E-state index contributed by atoms with van der Waals surface area (Å²) in [5.41, 5.74) is -1.66. The minimum atomic E-state index is -4.73. The number of amides is 1. The maximum Gasteiger partial charge on any atom is 0.433 e. The van der Waals surface area contributed by atoms with Gasteiger partial charge in [-0.2, -0.15) is 27.1 Å². The molecule has 2 heterocycles. The van der Waals surface area contributed by atoms with Gasteiger partial charge in [-0.1, -0.05) is 18.3 Å². The molecule has 1 N–H and O–H groups in total. The molecule has 0 aliphatic carbocycles. The standard InChI is InChI=1S/C18H16F6N4O2S/c1-27-7-9(8-6-25-28(2)14(8)18(22,23)24)12(16(27)31)15(29)26-11-5-3-4-10(19)13(11)30-17(20)21/h3-6,9,12,17H,7H2,1-2H3,(H,26,29)/t9-,12+/m1/s1. The lowest BCUT2D eigenvalue weighted by Gasteiger charge is -2.20. The molecule has 2 atom stereocenters. The normalized spacial score (nSPS) is 19.3. The van der Waals surface area contributed by atoms with Crippen molar-refractivity contribution in [3.8, 4) is 5.75 Å². The monoisotopic (exact) mass is 466 g/mol. The Morgan fingerprint density at radius 2 is 2.00 bits per heavy atom. The van der Waals surface area contributed by atoms with E-state index in [4.69, 9.17) is 12.2 Å². The number of benzene rings is 1. The van der Waals surface area contributed by atoms with Crippen molar-refractivity contribution in [2.75, 3.05) is 18.9 Å². The van der Waals surface area contributed by atoms with Crippen LogP contribution in [0.3, 0.4) is 0 Å². The van der Waals surface area contributed by atoms with Crippen LogP contribution in [0.25, 0.3) is 0 Å². The first kappa shape index (κ1) is 22.8. The fourth-order valence-corrected chi connectivity index (χ4v) is 3.92. The molecule has 0 unspecified atom stereocenters. The minimum absolute atomic E-state index is 0.00473. The van der Waals surface area contributed by atoms with Crippen LogP contribution in [0.5, 0.6) is 5.75 Å². The number of likely N-dealkylation sites (N-methyl/N-ethyl adjacent to an activating group) is 1. The Balaban J connectivity index is 1.97. The summed E-state index contributed by atoms with van der Waals surface area (Å²) in [7, 11) is 2.64. The molecule has 168 valence electrons. The summed E-state index contributed by atoms with van der Waals surface area (Å²) in [6.07, 6.45) is -3.71. The predicted molar refractivity (Wildman–Crippen MR) is 101 cm³/mol. The number of likely N-dealkylation sites (tertiary alicyclic amines) is 1. The second-order valence-electron chi connectivity index (χ2n) is 6.86. The van der Waals surface area contributed by atoms with Gasteiger partial charge in [0.2, 0.25) is 5.91 Å². The Kier molecular flexibility index (Phi) is 6.16. The fourth-order valence-electron chi connectivity index (χ4n) is 3.57. The number of alkyl halides is 5. The Morgan fingerprint density at radius 3 is 2.61 bits per heavy atom. The molecule has 1 aromatic carbocycles. The number of para-hydroxylation sites is 1. The molecule has 31 heavy (non-hydrogen) atoms. The van der Waals surface area contributed by atoms with Gasteiger partial charge in [-0.05, 0) is 12.1 Å². The van der Waals surface area contributed by atoms with E-state index >= 15 is 0 Å². The Morgan fingerprint density at radius 1 is 1.32 bits per heavy atom. The number of anilines is 1. The number of aromatic nitrogens is 2. The summed E-state index contributed by atoms with van der Waals surface area (Å²) in [5.74, 6) is -5.20. The second-order valence-corrected chi connectivity index (χ2v) is 7.28. The zero-order valence-corrected chi connectivity index (χ0v) is 16.9. The third-order valence-electron chi connectivity index (χ3n) is 4.86. The molecule has 1 aliphatic heterocycles. The first-order valence-electron chi connectivity index (χ1n) is 8.80. The molecule has 3 rings (SSSR count). The van der Waals surface area contributed by atoms with Crippen molar-refractivity contribution in [3.63, 3.8) is 0 Å². The predicted octanol–water partition coefficient (Wildman–Crippen LogP) is 3.79. The van der Waals surface area contributed by atoms with Gasteiger partial charge in [0.15, 0.2) is 11.6 Å². The van der Waals surface area contributed by atoms with Gasteiger partial charge in [-0.25, -0.2) is 4.39 Å². The van der Waals surface area contributed by atoms with Gasteiger partial charge < -0.3 is 15.0 Å². The largest absolute Gasteiger partial charge is 0.433 e. The number of halogens is 6. The number of hydrogen-bond donors (Lipinski definition) is 1. The smallest absolute Gasteiger partial charge is 0.429 e. The van der Waals surface area contributed by atoms with Gasteiger partial charge >= 0.3 is 12.8 Å². The van der Waals surface area contributed by atoms with E-state index in [1.165, 1.54) is 11.9 Å². The van der Waals surface area contributed by atoms with E-state index in [1.807, 2.05) is 0 Å². The molecule has 1 saturated heterocycles. The maximum absolute atomic E-state index is 13.9. The molecule has 0 radical (unpaired) electrons. The molecule has 0 bridgehead atoms. The van der Waals surface area contributed by atoms with Gasteiger partial charge in [0.1, 0.15) is 5.69 Å². The number of carbonyl (C=O) groups excluding carboxylic acids is 1. The molecule has 2 aromatic rings. The van der Waals surface area contributed by atoms with E-state index < -0.39 is 53.5 Å². The van der Waals surface area contributed by atoms with Gasteiger partial charge in [0, 0.05) is 32.1 Å². The zero-order valence-electron chi connectivity index (χ0n) is 16.1. The molecular weight excluding hydrogens is 450 g/mol. The fraction of sp³-hybridized carbons (Fsp3) is 0.389. The summed E-state index contributed by atoms with van der Waals surface area (Å²) < 4.78 is 84.6. The number of nitrogens with one attached hydrogen (secondary N) is 1. The SMILES string of the molecule is CN1C[C@H](c2cnn(C)c2C(F)(F)F)[C@@H](C(=O)Nc2cccc(F)c2OC(F)F)C1=S. The van der Waals surface area contributed by atoms with Crippen LogP contribution in [0.1, 0.15) is 17.2 Å². The van der Waals surface area contributed by atoms with Crippen molar-refractivity contribution in [3.05, 3.63) is 41.5 Å². The lowest BCUT2D eigenvalue weighted by Crippen LogP contribution is -2.32. The summed E-state index contributed by atoms with van der Waals surface area (Å²) in [6, 6.07) is 3.14. The molecule has 0 saturated carbocycles. The zero-order chi connectivity index (χ0) is 23.1. The Labute approximate surface area is 177 Å². The van der Waals surface area contributed by atoms with Crippen molar-refractivity contribution in [1.29, 1.82) is 0 Å². The molecule has 0 spiro atoms. The van der Waals surface area contributed by atoms with Crippen LogP contribution >= 0.6 is 12.2 Å². The molecule has 6 nitrogen and oxygen atoms in total. The van der Waals surface area contributed by atoms with Crippen molar-refractivity contribution in [1.82, 2.24) is 14.7 Å². The lowest BCUT2D eigenvalue weighted by molar-refractivity contribution is -0.144. The highest BCUT2D eigenvalue weighted by atomic mass is 32.1. The van der Waals surface area contributed by atoms with E-state index in [0.717, 1.165) is 31.4 Å². The Hall–Kier alpha value is -2.83. The van der Waals surface area contributed by atoms with Crippen LogP contribution < -0.4 is 10.1 Å². The second kappa shape index (κ2) is 8.36. The van der Waals surface area contributed by atoms with E-state index in [2.05, 4.69) is 15.2 Å². The highest BCUT2D eigenvalue weighted by molar-refractivity contribution is 7.80. The maximum atomic E-state index is 13.9. The van der Waals surface area contributed by atoms with Crippen molar-refractivity contribution in [2.24, 2.45) is 13.0 Å². The topological polar surface area (TPSA) is 59.4 Å². The number of ether oxygens (including phenoxy) is 1. The van der Waals surface area contributed by atoms with Crippen LogP contribution in [0, 0.1) is 11.7 Å². The minimum Gasteiger partial charge on any atom is -0.429 e. The summed E-state index contributed by atoms with van der Waals surface area (Å²) >= 11 is 5.24. The first-order valence-corrected chi connectivity index (χ1v) is 9.21. The highest BCUT2D eigenvalue weighted by Gasteiger charge is 2.47. The number of aryl methyl sites for hydroxylation is 1. The quantitative estimate of drug-likeness (QED) is 0.537. The van der Waals surface area contributed by atoms with Crippen LogP contribution in [0.2, 0.25) is 0 Å². The average Bonchev–Trinajstić information content (AvgIpc) is 3.17. The average molecular weight is 466 g/mol. The van der Waals surface area contributed by atoms with Gasteiger partial charge in [-0.3, -0.25) is 9.48 Å². The van der Waals surface area contributed by atoms with E-state index in [0.29, 0.717) is 4.68 Å². The van der Waals surface area contributed by atoms with Crippen LogP contribution in [-0.2, 0) is 18.0 Å². The van der Waals surface area contributed by atoms with Gasteiger partial charge in [0.05, 0.1) is 22.8 Å². The number of hydrogen-bond acceptors (Lipinski definition) is 4. The molecule has 1 fully saturated rings. The number of rotatable bonds is 5. The van der Waals surface area contributed by atoms with E-state index in [9.17, 15) is 31.1 Å². The van der Waals surface area contributed by atoms with Gasteiger partial charge in [0.25, 0.3) is 0 Å². The Bertz CT molecular complexity index is 1010. The highest BCUT2D eigenvalue weighted by Crippen LogP contribution is 2.42. The van der Waals surface area contributed by atoms with Crippen LogP contribution in [-0.4, -0.2) is 45.8 Å². The van der Waals surface area contributed by atoms with E-state index in [1.54, 1.807) is 0 Å². The third kappa shape index (κ3) is 4.45. The molecule has 13 heteroatoms. The number of carbonyl (C=O) groups is 1. The number of nitrogens with zero attached hydrogens (tertiary/aromatic N) is 3. The molecule has 1 aromatic heterocycles. The lowest BCUT2D eigenvalue weighted by atomic mass is 9.88. The summed E-state index contributed by atoms with van der Waals surface area (Å²) in [4.78, 5) is 14.5. The van der Waals surface area contributed by atoms with Crippen LogP contribution in [0.4, 0.5) is 32.0 Å². The van der Waals surface area contributed by atoms with Gasteiger partial charge in [-0.15, -0.1) is 0 Å². The first-order chi connectivity index (χ1) is 14.4. The summed E-state index contributed by atoms with van der Waals surface area (Å²) in [6.45, 7) is -3.36. The van der Waals surface area contributed by atoms with Crippen molar-refractivity contribution in [2.45, 2.75) is 18.7 Å². The number of thiocarbonyl (C=S) groups is 1. The van der Waals surface area contributed by atoms with Crippen LogP contribution in [0.15, 0.2) is 24.4 Å². The molecule has 1 aliphatic rings. The molecule has 1 amide bonds. The van der Waals surface area contributed by atoms with E-state index in [-0.39, 0.29) is 17.1 Å². The van der Waals surface area contributed by atoms with Crippen molar-refractivity contribution >= 4 is 28.8 Å². The molecular formula is C18H16F6N4O2S.